The molecule has 0 bridgehead atoms. The first-order valence-corrected chi connectivity index (χ1v) is 11.3. The molecule has 2 aromatic heterocycles. The van der Waals surface area contributed by atoms with E-state index in [1.807, 2.05) is 50.2 Å². The van der Waals surface area contributed by atoms with Crippen molar-refractivity contribution in [1.82, 2.24) is 19.6 Å². The fourth-order valence-corrected chi connectivity index (χ4v) is 4.90. The van der Waals surface area contributed by atoms with Crippen molar-refractivity contribution >= 4 is 34.7 Å². The van der Waals surface area contributed by atoms with Crippen LogP contribution in [-0.2, 0) is 10.2 Å². The second-order valence-corrected chi connectivity index (χ2v) is 9.39. The monoisotopic (exact) mass is 455 g/mol. The van der Waals surface area contributed by atoms with Gasteiger partial charge in [0.1, 0.15) is 0 Å². The molecule has 34 heavy (non-hydrogen) atoms. The highest BCUT2D eigenvalue weighted by Gasteiger charge is 2.38. The van der Waals surface area contributed by atoms with Crippen LogP contribution >= 0.6 is 0 Å². The number of carbonyl (C=O) groups is 1. The van der Waals surface area contributed by atoms with Gasteiger partial charge in [-0.15, -0.1) is 5.10 Å². The van der Waals surface area contributed by atoms with E-state index in [-0.39, 0.29) is 11.9 Å². The van der Waals surface area contributed by atoms with Gasteiger partial charge in [0.05, 0.1) is 17.6 Å². The minimum atomic E-state index is -0.550. The molecule has 0 saturated carbocycles. The molecule has 0 spiro atoms. The van der Waals surface area contributed by atoms with Crippen molar-refractivity contribution in [2.24, 2.45) is 0 Å². The molecule has 2 atom stereocenters. The number of anilines is 4. The number of aliphatic hydroxyl groups excluding tert-OH is 1. The predicted molar refractivity (Wildman–Crippen MR) is 129 cm³/mol. The highest BCUT2D eigenvalue weighted by atomic mass is 16.3. The van der Waals surface area contributed by atoms with Crippen molar-refractivity contribution in [2.75, 3.05) is 22.1 Å². The minimum Gasteiger partial charge on any atom is -0.391 e. The lowest BCUT2D eigenvalue weighted by Gasteiger charge is -2.25. The third-order valence-corrected chi connectivity index (χ3v) is 6.74. The van der Waals surface area contributed by atoms with Crippen molar-refractivity contribution in [1.29, 1.82) is 0 Å². The molecule has 9 heteroatoms. The van der Waals surface area contributed by atoms with Gasteiger partial charge in [-0.3, -0.25) is 4.79 Å². The van der Waals surface area contributed by atoms with Crippen LogP contribution in [0.3, 0.4) is 0 Å². The second kappa shape index (κ2) is 7.53. The summed E-state index contributed by atoms with van der Waals surface area (Å²) in [6.45, 7) is 4.30. The van der Waals surface area contributed by atoms with E-state index < -0.39 is 11.5 Å². The zero-order valence-corrected chi connectivity index (χ0v) is 18.9. The van der Waals surface area contributed by atoms with Crippen LogP contribution in [0.15, 0.2) is 60.9 Å². The van der Waals surface area contributed by atoms with Gasteiger partial charge in [0.25, 0.3) is 0 Å². The molecule has 6 rings (SSSR count). The SMILES string of the molecule is CC1(C)C(=O)Nc2cc(Nc3nc4c(N5CC(O)C[C@H]5c5ccccc5)nccn4n3)ccc21. The van der Waals surface area contributed by atoms with E-state index in [9.17, 15) is 9.90 Å². The van der Waals surface area contributed by atoms with Gasteiger partial charge in [-0.05, 0) is 43.5 Å². The second-order valence-electron chi connectivity index (χ2n) is 9.39. The Bertz CT molecular complexity index is 1400. The summed E-state index contributed by atoms with van der Waals surface area (Å²) in [6.07, 6.45) is 3.63. The third kappa shape index (κ3) is 3.28. The molecule has 1 saturated heterocycles. The Morgan fingerprint density at radius 1 is 1.18 bits per heavy atom. The molecule has 1 fully saturated rings. The molecule has 0 radical (unpaired) electrons. The van der Waals surface area contributed by atoms with E-state index >= 15 is 0 Å². The number of aliphatic hydroxyl groups is 1. The Morgan fingerprint density at radius 2 is 2.00 bits per heavy atom. The summed E-state index contributed by atoms with van der Waals surface area (Å²) in [5, 5.41) is 21.2. The van der Waals surface area contributed by atoms with Crippen LogP contribution in [0.4, 0.5) is 23.1 Å². The maximum absolute atomic E-state index is 12.3. The predicted octanol–water partition coefficient (Wildman–Crippen LogP) is 3.41. The van der Waals surface area contributed by atoms with Gasteiger partial charge in [-0.2, -0.15) is 4.98 Å². The van der Waals surface area contributed by atoms with Crippen LogP contribution < -0.4 is 15.5 Å². The number of hydrogen-bond acceptors (Lipinski definition) is 7. The average Bonchev–Trinajstić information content (AvgIpc) is 3.47. The normalized spacial score (nSPS) is 21.0. The molecule has 1 amide bonds. The highest BCUT2D eigenvalue weighted by molar-refractivity contribution is 6.06. The number of amides is 1. The van der Waals surface area contributed by atoms with Crippen LogP contribution in [0.25, 0.3) is 5.65 Å². The summed E-state index contributed by atoms with van der Waals surface area (Å²) in [7, 11) is 0. The molecule has 2 aliphatic heterocycles. The summed E-state index contributed by atoms with van der Waals surface area (Å²) >= 11 is 0. The van der Waals surface area contributed by atoms with E-state index in [0.717, 1.165) is 22.5 Å². The first kappa shape index (κ1) is 20.6. The molecule has 2 aromatic carbocycles. The number of rotatable bonds is 4. The Kier molecular flexibility index (Phi) is 4.56. The summed E-state index contributed by atoms with van der Waals surface area (Å²) in [4.78, 5) is 23.7. The Morgan fingerprint density at radius 3 is 2.82 bits per heavy atom. The Balaban J connectivity index is 1.33. The fourth-order valence-electron chi connectivity index (χ4n) is 4.90. The number of benzene rings is 2. The van der Waals surface area contributed by atoms with E-state index in [1.165, 1.54) is 0 Å². The summed E-state index contributed by atoms with van der Waals surface area (Å²) in [5.74, 6) is 1.09. The molecule has 1 unspecified atom stereocenters. The van der Waals surface area contributed by atoms with Crippen molar-refractivity contribution in [2.45, 2.75) is 37.8 Å². The fraction of sp³-hybridized carbons (Fsp3) is 0.280. The molecular weight excluding hydrogens is 430 g/mol. The number of aromatic nitrogens is 4. The van der Waals surface area contributed by atoms with E-state index in [0.29, 0.717) is 30.4 Å². The van der Waals surface area contributed by atoms with Gasteiger partial charge >= 0.3 is 0 Å². The standard InChI is InChI=1S/C25H25N7O2/c1-25(2)18-9-8-16(12-19(18)28-23(25)34)27-24-29-22-21(26-10-11-32(22)30-24)31-14-17(33)13-20(31)15-6-4-3-5-7-15/h3-12,17,20,33H,13-14H2,1-2H3,(H,27,30)(H,28,34)/t17?,20-/m0/s1. The lowest BCUT2D eigenvalue weighted by Crippen LogP contribution is -2.26. The molecule has 4 heterocycles. The third-order valence-electron chi connectivity index (χ3n) is 6.74. The van der Waals surface area contributed by atoms with Crippen LogP contribution in [0.1, 0.15) is 37.4 Å². The van der Waals surface area contributed by atoms with Gasteiger partial charge in [-0.1, -0.05) is 36.4 Å². The van der Waals surface area contributed by atoms with E-state index in [4.69, 9.17) is 4.98 Å². The number of fused-ring (bicyclic) bond motifs is 2. The van der Waals surface area contributed by atoms with Crippen LogP contribution in [0.2, 0.25) is 0 Å². The van der Waals surface area contributed by atoms with Crippen molar-refractivity contribution < 1.29 is 9.90 Å². The zero-order valence-electron chi connectivity index (χ0n) is 18.9. The van der Waals surface area contributed by atoms with Crippen molar-refractivity contribution in [3.05, 3.63) is 72.1 Å². The minimum absolute atomic E-state index is 0.00619. The Labute approximate surface area is 196 Å². The van der Waals surface area contributed by atoms with Crippen LogP contribution in [0, 0.1) is 0 Å². The molecule has 2 aliphatic rings. The zero-order chi connectivity index (χ0) is 23.4. The molecular formula is C25H25N7O2. The first-order valence-electron chi connectivity index (χ1n) is 11.3. The number of hydrogen-bond donors (Lipinski definition) is 3. The van der Waals surface area contributed by atoms with E-state index in [2.05, 4.69) is 37.7 Å². The smallest absolute Gasteiger partial charge is 0.247 e. The maximum atomic E-state index is 12.3. The van der Waals surface area contributed by atoms with Crippen LogP contribution in [-0.4, -0.2) is 43.2 Å². The molecule has 172 valence electrons. The van der Waals surface area contributed by atoms with Gasteiger partial charge in [-0.25, -0.2) is 9.50 Å². The van der Waals surface area contributed by atoms with Crippen molar-refractivity contribution in [3.8, 4) is 0 Å². The number of nitrogens with zero attached hydrogens (tertiary/aromatic N) is 5. The average molecular weight is 456 g/mol. The lowest BCUT2D eigenvalue weighted by molar-refractivity contribution is -0.119. The molecule has 3 N–H and O–H groups in total. The largest absolute Gasteiger partial charge is 0.391 e. The van der Waals surface area contributed by atoms with Crippen LogP contribution in [0.5, 0.6) is 0 Å². The van der Waals surface area contributed by atoms with Gasteiger partial charge in [0.2, 0.25) is 11.9 Å². The van der Waals surface area contributed by atoms with Gasteiger partial charge in [0.15, 0.2) is 11.5 Å². The lowest BCUT2D eigenvalue weighted by atomic mass is 9.86. The maximum Gasteiger partial charge on any atom is 0.247 e. The number of β-amino-alcohol motifs (C(OH)–C–C–N with tert-alkyl or cyclic N) is 1. The molecule has 0 aliphatic carbocycles. The number of carbonyl (C=O) groups excluding carboxylic acids is 1. The molecule has 4 aromatic rings. The summed E-state index contributed by atoms with van der Waals surface area (Å²) < 4.78 is 1.69. The van der Waals surface area contributed by atoms with Gasteiger partial charge in [0, 0.05) is 30.3 Å². The topological polar surface area (TPSA) is 108 Å². The highest BCUT2D eigenvalue weighted by Crippen LogP contribution is 2.39. The molecule has 9 nitrogen and oxygen atoms in total. The number of nitrogens with one attached hydrogen (secondary N) is 2. The van der Waals surface area contributed by atoms with E-state index in [1.54, 1.807) is 16.9 Å². The first-order chi connectivity index (χ1) is 16.4. The summed E-state index contributed by atoms with van der Waals surface area (Å²) in [5.41, 5.74) is 3.73. The quantitative estimate of drug-likeness (QED) is 0.433. The van der Waals surface area contributed by atoms with Gasteiger partial charge < -0.3 is 20.6 Å². The summed E-state index contributed by atoms with van der Waals surface area (Å²) in [6, 6.07) is 15.9. The Hall–Kier alpha value is -3.98. The van der Waals surface area contributed by atoms with Crippen molar-refractivity contribution in [3.63, 3.8) is 0 Å².